The number of benzene rings is 2. The summed E-state index contributed by atoms with van der Waals surface area (Å²) in [6, 6.07) is 13.3. The van der Waals surface area contributed by atoms with Crippen molar-refractivity contribution in [2.75, 3.05) is 7.11 Å². The van der Waals surface area contributed by atoms with E-state index in [0.29, 0.717) is 22.4 Å². The van der Waals surface area contributed by atoms with Gasteiger partial charge in [-0.25, -0.2) is 9.97 Å². The minimum absolute atomic E-state index is 0.576. The summed E-state index contributed by atoms with van der Waals surface area (Å²) in [5.74, 6) is 1.91. The van der Waals surface area contributed by atoms with Gasteiger partial charge < -0.3 is 9.30 Å². The van der Waals surface area contributed by atoms with Crippen LogP contribution in [0.25, 0.3) is 28.5 Å². The van der Waals surface area contributed by atoms with E-state index in [9.17, 15) is 0 Å². The van der Waals surface area contributed by atoms with Crippen LogP contribution in [0.15, 0.2) is 55.0 Å². The quantitative estimate of drug-likeness (QED) is 0.585. The van der Waals surface area contributed by atoms with Crippen LogP contribution >= 0.6 is 11.6 Å². The first-order valence-electron chi connectivity index (χ1n) is 8.02. The molecule has 7 heteroatoms. The fraction of sp³-hybridized carbons (Fsp3) is 0.105. The first-order valence-corrected chi connectivity index (χ1v) is 8.40. The van der Waals surface area contributed by atoms with Gasteiger partial charge in [-0.1, -0.05) is 23.7 Å². The third-order valence-corrected chi connectivity index (χ3v) is 4.37. The van der Waals surface area contributed by atoms with Gasteiger partial charge in [0, 0.05) is 17.3 Å². The van der Waals surface area contributed by atoms with Crippen LogP contribution in [0.4, 0.5) is 0 Å². The highest BCUT2D eigenvalue weighted by Crippen LogP contribution is 2.30. The number of aromatic nitrogens is 5. The second-order valence-electron chi connectivity index (χ2n) is 5.80. The number of halogens is 1. The number of methoxy groups -OCH3 is 1. The van der Waals surface area contributed by atoms with Gasteiger partial charge in [0.15, 0.2) is 11.6 Å². The Hall–Kier alpha value is -3.12. The first-order chi connectivity index (χ1) is 12.7. The smallest absolute Gasteiger partial charge is 0.181 e. The number of hydrogen-bond acceptors (Lipinski definition) is 4. The summed E-state index contributed by atoms with van der Waals surface area (Å²) < 4.78 is 7.47. The zero-order valence-electron chi connectivity index (χ0n) is 14.3. The van der Waals surface area contributed by atoms with E-state index in [1.165, 1.54) is 0 Å². The maximum Gasteiger partial charge on any atom is 0.181 e. The molecule has 0 aliphatic carbocycles. The Kier molecular flexibility index (Phi) is 4.18. The number of imidazole rings is 1. The SMILES string of the molecule is COc1cc(-c2n[nH]c(-c3ccccc3Cl)n2)ccc1-n1cnc(C)c1. The molecule has 2 aromatic heterocycles. The highest BCUT2D eigenvalue weighted by Gasteiger charge is 2.13. The summed E-state index contributed by atoms with van der Waals surface area (Å²) in [7, 11) is 1.64. The Morgan fingerprint density at radius 1 is 1.15 bits per heavy atom. The zero-order chi connectivity index (χ0) is 18.1. The van der Waals surface area contributed by atoms with E-state index in [-0.39, 0.29) is 0 Å². The van der Waals surface area contributed by atoms with Crippen LogP contribution in [0.1, 0.15) is 5.69 Å². The monoisotopic (exact) mass is 365 g/mol. The summed E-state index contributed by atoms with van der Waals surface area (Å²) in [6.45, 7) is 1.95. The molecular weight excluding hydrogens is 350 g/mol. The maximum absolute atomic E-state index is 6.24. The van der Waals surface area contributed by atoms with Gasteiger partial charge in [-0.3, -0.25) is 5.10 Å². The number of nitrogens with one attached hydrogen (secondary N) is 1. The van der Waals surface area contributed by atoms with E-state index in [1.54, 1.807) is 13.4 Å². The summed E-state index contributed by atoms with van der Waals surface area (Å²) in [6.07, 6.45) is 3.70. The second-order valence-corrected chi connectivity index (χ2v) is 6.20. The zero-order valence-corrected chi connectivity index (χ0v) is 15.0. The number of rotatable bonds is 4. The van der Waals surface area contributed by atoms with Crippen molar-refractivity contribution in [2.45, 2.75) is 6.92 Å². The second kappa shape index (κ2) is 6.65. The first kappa shape index (κ1) is 16.4. The highest BCUT2D eigenvalue weighted by molar-refractivity contribution is 6.33. The van der Waals surface area contributed by atoms with E-state index in [4.69, 9.17) is 16.3 Å². The average Bonchev–Trinajstić information content (AvgIpc) is 3.31. The van der Waals surface area contributed by atoms with E-state index >= 15 is 0 Å². The van der Waals surface area contributed by atoms with Gasteiger partial charge in [0.2, 0.25) is 0 Å². The summed E-state index contributed by atoms with van der Waals surface area (Å²) >= 11 is 6.24. The van der Waals surface area contributed by atoms with Crippen LogP contribution in [0.5, 0.6) is 5.75 Å². The molecule has 1 N–H and O–H groups in total. The van der Waals surface area contributed by atoms with E-state index in [0.717, 1.165) is 22.5 Å². The molecule has 4 rings (SSSR count). The summed E-state index contributed by atoms with van der Waals surface area (Å²) in [4.78, 5) is 8.83. The molecular formula is C19H16ClN5O. The van der Waals surface area contributed by atoms with Crippen molar-refractivity contribution in [1.82, 2.24) is 24.7 Å². The lowest BCUT2D eigenvalue weighted by atomic mass is 10.1. The number of hydrogen-bond donors (Lipinski definition) is 1. The fourth-order valence-corrected chi connectivity index (χ4v) is 2.97. The topological polar surface area (TPSA) is 68.6 Å². The molecule has 4 aromatic rings. The summed E-state index contributed by atoms with van der Waals surface area (Å²) in [5.41, 5.74) is 3.50. The molecule has 0 saturated carbocycles. The molecule has 0 aliphatic heterocycles. The van der Waals surface area contributed by atoms with Crippen molar-refractivity contribution in [1.29, 1.82) is 0 Å². The van der Waals surface area contributed by atoms with Gasteiger partial charge >= 0.3 is 0 Å². The largest absolute Gasteiger partial charge is 0.495 e. The number of aromatic amines is 1. The number of ether oxygens (including phenoxy) is 1. The Labute approximate surface area is 155 Å². The molecule has 0 spiro atoms. The van der Waals surface area contributed by atoms with E-state index in [2.05, 4.69) is 20.2 Å². The molecule has 0 amide bonds. The lowest BCUT2D eigenvalue weighted by Gasteiger charge is -2.10. The molecule has 2 heterocycles. The molecule has 0 saturated heterocycles. The van der Waals surface area contributed by atoms with Gasteiger partial charge in [-0.05, 0) is 37.3 Å². The molecule has 0 bridgehead atoms. The number of nitrogens with zero attached hydrogens (tertiary/aromatic N) is 4. The van der Waals surface area contributed by atoms with Gasteiger partial charge in [-0.2, -0.15) is 5.10 Å². The van der Waals surface area contributed by atoms with Crippen LogP contribution in [-0.2, 0) is 0 Å². The van der Waals surface area contributed by atoms with Crippen molar-refractivity contribution in [3.63, 3.8) is 0 Å². The van der Waals surface area contributed by atoms with Crippen LogP contribution < -0.4 is 4.74 Å². The van der Waals surface area contributed by atoms with E-state index < -0.39 is 0 Å². The van der Waals surface area contributed by atoms with Crippen LogP contribution in [0.3, 0.4) is 0 Å². The molecule has 26 heavy (non-hydrogen) atoms. The van der Waals surface area contributed by atoms with Crippen LogP contribution in [0, 0.1) is 6.92 Å². The van der Waals surface area contributed by atoms with Gasteiger partial charge in [0.25, 0.3) is 0 Å². The highest BCUT2D eigenvalue weighted by atomic mass is 35.5. The Morgan fingerprint density at radius 2 is 2.00 bits per heavy atom. The minimum atomic E-state index is 0.576. The number of H-pyrrole nitrogens is 1. The molecule has 0 unspecified atom stereocenters. The normalized spacial score (nSPS) is 10.9. The standard InChI is InChI=1S/C19H16ClN5O/c1-12-10-25(11-21-12)16-8-7-13(9-17(16)26-2)18-22-19(24-23-18)14-5-3-4-6-15(14)20/h3-11H,1-2H3,(H,22,23,24). The van der Waals surface area contributed by atoms with Crippen molar-refractivity contribution in [3.05, 3.63) is 65.7 Å². The lowest BCUT2D eigenvalue weighted by Crippen LogP contribution is -1.96. The predicted octanol–water partition coefficient (Wildman–Crippen LogP) is 4.29. The van der Waals surface area contributed by atoms with Crippen LogP contribution in [-0.4, -0.2) is 31.8 Å². The van der Waals surface area contributed by atoms with E-state index in [1.807, 2.05) is 60.2 Å². The maximum atomic E-state index is 6.24. The minimum Gasteiger partial charge on any atom is -0.495 e. The van der Waals surface area contributed by atoms with Crippen molar-refractivity contribution in [3.8, 4) is 34.2 Å². The van der Waals surface area contributed by atoms with Gasteiger partial charge in [0.1, 0.15) is 5.75 Å². The fourth-order valence-electron chi connectivity index (χ4n) is 2.75. The van der Waals surface area contributed by atoms with Gasteiger partial charge in [0.05, 0.1) is 29.8 Å². The van der Waals surface area contributed by atoms with Crippen molar-refractivity contribution < 1.29 is 4.74 Å². The number of aryl methyl sites for hydroxylation is 1. The molecule has 2 aromatic carbocycles. The Balaban J connectivity index is 1.72. The lowest BCUT2D eigenvalue weighted by molar-refractivity contribution is 0.413. The molecule has 130 valence electrons. The third-order valence-electron chi connectivity index (χ3n) is 4.04. The average molecular weight is 366 g/mol. The third kappa shape index (κ3) is 2.95. The predicted molar refractivity (Wildman–Crippen MR) is 101 cm³/mol. The molecule has 0 fully saturated rings. The molecule has 6 nitrogen and oxygen atoms in total. The summed E-state index contributed by atoms with van der Waals surface area (Å²) in [5, 5.41) is 7.89. The van der Waals surface area contributed by atoms with Crippen molar-refractivity contribution >= 4 is 11.6 Å². The Morgan fingerprint density at radius 3 is 2.73 bits per heavy atom. The van der Waals surface area contributed by atoms with Crippen molar-refractivity contribution in [2.24, 2.45) is 0 Å². The molecule has 0 aliphatic rings. The van der Waals surface area contributed by atoms with Crippen LogP contribution in [0.2, 0.25) is 5.02 Å². The molecule has 0 radical (unpaired) electrons. The van der Waals surface area contributed by atoms with Gasteiger partial charge in [-0.15, -0.1) is 0 Å². The molecule has 0 atom stereocenters. The Bertz CT molecular complexity index is 1070.